The second kappa shape index (κ2) is 4.48. The average Bonchev–Trinajstić information content (AvgIpc) is 2.61. The Morgan fingerprint density at radius 3 is 2.73 bits per heavy atom. The highest BCUT2D eigenvalue weighted by Crippen LogP contribution is 2.42. The molecule has 2 nitrogen and oxygen atoms in total. The van der Waals surface area contributed by atoms with E-state index >= 15 is 0 Å². The molecule has 1 saturated heterocycles. The summed E-state index contributed by atoms with van der Waals surface area (Å²) in [6.07, 6.45) is 5.29. The first-order chi connectivity index (χ1) is 7.12. The van der Waals surface area contributed by atoms with E-state index in [1.54, 1.807) is 0 Å². The maximum absolute atomic E-state index is 5.84. The van der Waals surface area contributed by atoms with Crippen molar-refractivity contribution in [2.45, 2.75) is 38.9 Å². The molecule has 1 unspecified atom stereocenters. The molecule has 1 atom stereocenters. The van der Waals surface area contributed by atoms with Gasteiger partial charge in [0.25, 0.3) is 0 Å². The van der Waals surface area contributed by atoms with Crippen molar-refractivity contribution in [2.75, 3.05) is 13.2 Å². The Morgan fingerprint density at radius 2 is 2.13 bits per heavy atom. The van der Waals surface area contributed by atoms with Gasteiger partial charge in [-0.05, 0) is 23.7 Å². The summed E-state index contributed by atoms with van der Waals surface area (Å²) in [6.45, 7) is 5.96. The lowest BCUT2D eigenvalue weighted by Crippen LogP contribution is -2.41. The summed E-state index contributed by atoms with van der Waals surface area (Å²) >= 11 is 4.47. The molecule has 1 spiro atoms. The molecule has 0 amide bonds. The van der Waals surface area contributed by atoms with Crippen LogP contribution in [0, 0.1) is 11.8 Å². The van der Waals surface area contributed by atoms with Gasteiger partial charge in [-0.3, -0.25) is 0 Å². The standard InChI is InChI=1S/C12H20O2S/c1-9(2)7-10-8-11(15)3-4-12(10)13-5-6-14-12/h8-10,15H,3-7H2,1-2H3. The highest BCUT2D eigenvalue weighted by molar-refractivity contribution is 7.84. The zero-order chi connectivity index (χ0) is 10.9. The summed E-state index contributed by atoms with van der Waals surface area (Å²) < 4.78 is 11.7. The number of ether oxygens (including phenoxy) is 2. The first-order valence-electron chi connectivity index (χ1n) is 5.80. The van der Waals surface area contributed by atoms with Crippen LogP contribution in [0.4, 0.5) is 0 Å². The Kier molecular flexibility index (Phi) is 3.43. The van der Waals surface area contributed by atoms with Gasteiger partial charge in [0.1, 0.15) is 0 Å². The van der Waals surface area contributed by atoms with Crippen molar-refractivity contribution in [3.8, 4) is 0 Å². The quantitative estimate of drug-likeness (QED) is 0.732. The largest absolute Gasteiger partial charge is 0.347 e. The highest BCUT2D eigenvalue weighted by Gasteiger charge is 2.45. The number of hydrogen-bond donors (Lipinski definition) is 1. The van der Waals surface area contributed by atoms with Crippen LogP contribution in [0.15, 0.2) is 11.0 Å². The van der Waals surface area contributed by atoms with E-state index < -0.39 is 0 Å². The van der Waals surface area contributed by atoms with Crippen LogP contribution in [0.3, 0.4) is 0 Å². The van der Waals surface area contributed by atoms with Crippen LogP contribution < -0.4 is 0 Å². The second-order valence-electron chi connectivity index (χ2n) is 4.90. The first kappa shape index (κ1) is 11.5. The van der Waals surface area contributed by atoms with E-state index in [0.717, 1.165) is 32.5 Å². The van der Waals surface area contributed by atoms with E-state index in [1.165, 1.54) is 4.91 Å². The van der Waals surface area contributed by atoms with Crippen molar-refractivity contribution < 1.29 is 9.47 Å². The molecule has 0 radical (unpaired) electrons. The molecule has 0 bridgehead atoms. The molecule has 2 rings (SSSR count). The van der Waals surface area contributed by atoms with Crippen LogP contribution in [0.1, 0.15) is 33.1 Å². The lowest BCUT2D eigenvalue weighted by molar-refractivity contribution is -0.194. The molecule has 1 heterocycles. The van der Waals surface area contributed by atoms with Crippen LogP contribution in [-0.4, -0.2) is 19.0 Å². The molecule has 0 N–H and O–H groups in total. The van der Waals surface area contributed by atoms with Gasteiger partial charge >= 0.3 is 0 Å². The van der Waals surface area contributed by atoms with Crippen molar-refractivity contribution in [3.63, 3.8) is 0 Å². The molecule has 86 valence electrons. The van der Waals surface area contributed by atoms with E-state index in [4.69, 9.17) is 9.47 Å². The third kappa shape index (κ3) is 2.40. The number of rotatable bonds is 2. The topological polar surface area (TPSA) is 18.5 Å². The minimum Gasteiger partial charge on any atom is -0.347 e. The van der Waals surface area contributed by atoms with Gasteiger partial charge in [0.05, 0.1) is 13.2 Å². The molecule has 15 heavy (non-hydrogen) atoms. The first-order valence-corrected chi connectivity index (χ1v) is 6.25. The lowest BCUT2D eigenvalue weighted by Gasteiger charge is -2.38. The van der Waals surface area contributed by atoms with Gasteiger partial charge in [-0.25, -0.2) is 0 Å². The van der Waals surface area contributed by atoms with Crippen LogP contribution in [0.5, 0.6) is 0 Å². The molecule has 1 aliphatic carbocycles. The molecular formula is C12H20O2S. The van der Waals surface area contributed by atoms with Crippen LogP contribution in [0.25, 0.3) is 0 Å². The van der Waals surface area contributed by atoms with Crippen molar-refractivity contribution in [1.29, 1.82) is 0 Å². The van der Waals surface area contributed by atoms with Crippen molar-refractivity contribution in [1.82, 2.24) is 0 Å². The fourth-order valence-corrected chi connectivity index (χ4v) is 2.81. The Bertz CT molecular complexity index is 254. The summed E-state index contributed by atoms with van der Waals surface area (Å²) in [7, 11) is 0. The number of hydrogen-bond acceptors (Lipinski definition) is 3. The summed E-state index contributed by atoms with van der Waals surface area (Å²) in [6, 6.07) is 0. The Morgan fingerprint density at radius 1 is 1.47 bits per heavy atom. The minimum atomic E-state index is -0.323. The maximum atomic E-state index is 5.84. The zero-order valence-electron chi connectivity index (χ0n) is 9.53. The minimum absolute atomic E-state index is 0.323. The van der Waals surface area contributed by atoms with E-state index in [-0.39, 0.29) is 5.79 Å². The second-order valence-corrected chi connectivity index (χ2v) is 5.48. The summed E-state index contributed by atoms with van der Waals surface area (Å²) in [5.41, 5.74) is 0. The molecule has 0 aromatic heterocycles. The Balaban J connectivity index is 2.15. The SMILES string of the molecule is CC(C)CC1C=C(S)CCC12OCCO2. The summed E-state index contributed by atoms with van der Waals surface area (Å²) in [4.78, 5) is 1.19. The van der Waals surface area contributed by atoms with Gasteiger partial charge in [0.15, 0.2) is 5.79 Å². The molecule has 3 heteroatoms. The van der Waals surface area contributed by atoms with Gasteiger partial charge in [0.2, 0.25) is 0 Å². The smallest absolute Gasteiger partial charge is 0.175 e. The van der Waals surface area contributed by atoms with E-state index in [0.29, 0.717) is 11.8 Å². The molecular weight excluding hydrogens is 208 g/mol. The molecule has 0 saturated carbocycles. The van der Waals surface area contributed by atoms with Gasteiger partial charge in [0, 0.05) is 12.3 Å². The predicted octanol–water partition coefficient (Wildman–Crippen LogP) is 3.00. The third-order valence-electron chi connectivity index (χ3n) is 3.19. The molecule has 0 aromatic carbocycles. The van der Waals surface area contributed by atoms with E-state index in [2.05, 4.69) is 32.6 Å². The number of thiol groups is 1. The van der Waals surface area contributed by atoms with Gasteiger partial charge in [-0.15, -0.1) is 12.6 Å². The lowest BCUT2D eigenvalue weighted by atomic mass is 9.83. The Hall–Kier alpha value is 0.01000. The van der Waals surface area contributed by atoms with E-state index in [9.17, 15) is 0 Å². The highest BCUT2D eigenvalue weighted by atomic mass is 32.1. The van der Waals surface area contributed by atoms with Crippen LogP contribution in [-0.2, 0) is 9.47 Å². The monoisotopic (exact) mass is 228 g/mol. The van der Waals surface area contributed by atoms with Gasteiger partial charge in [-0.1, -0.05) is 19.9 Å². The molecule has 1 fully saturated rings. The Labute approximate surface area is 97.4 Å². The van der Waals surface area contributed by atoms with Crippen molar-refractivity contribution in [2.24, 2.45) is 11.8 Å². The van der Waals surface area contributed by atoms with Gasteiger partial charge < -0.3 is 9.47 Å². The molecule has 0 aromatic rings. The summed E-state index contributed by atoms with van der Waals surface area (Å²) in [5, 5.41) is 0. The fourth-order valence-electron chi connectivity index (χ4n) is 2.51. The van der Waals surface area contributed by atoms with E-state index in [1.807, 2.05) is 0 Å². The fraction of sp³-hybridized carbons (Fsp3) is 0.833. The zero-order valence-corrected chi connectivity index (χ0v) is 10.4. The summed E-state index contributed by atoms with van der Waals surface area (Å²) in [5.74, 6) is 0.715. The number of allylic oxidation sites excluding steroid dienone is 1. The maximum Gasteiger partial charge on any atom is 0.175 e. The van der Waals surface area contributed by atoms with Crippen molar-refractivity contribution >= 4 is 12.6 Å². The van der Waals surface area contributed by atoms with Crippen LogP contribution >= 0.6 is 12.6 Å². The average molecular weight is 228 g/mol. The molecule has 2 aliphatic rings. The third-order valence-corrected chi connectivity index (χ3v) is 3.56. The predicted molar refractivity (Wildman–Crippen MR) is 63.9 cm³/mol. The normalized spacial score (nSPS) is 29.9. The molecule has 1 aliphatic heterocycles. The van der Waals surface area contributed by atoms with Gasteiger partial charge in [-0.2, -0.15) is 0 Å². The van der Waals surface area contributed by atoms with Crippen LogP contribution in [0.2, 0.25) is 0 Å². The van der Waals surface area contributed by atoms with Crippen molar-refractivity contribution in [3.05, 3.63) is 11.0 Å².